The molecule has 84 valence electrons. The van der Waals surface area contributed by atoms with Crippen LogP contribution in [0.1, 0.15) is 46.5 Å². The molecular weight excluding hydrogens is 180 g/mol. The van der Waals surface area contributed by atoms with Gasteiger partial charge in [-0.05, 0) is 49.4 Å². The molecule has 0 unspecified atom stereocenters. The second-order valence-corrected chi connectivity index (χ2v) is 5.79. The fraction of sp³-hybridized carbons (Fsp3) is 0.733. The predicted molar refractivity (Wildman–Crippen MR) is 66.7 cm³/mol. The summed E-state index contributed by atoms with van der Waals surface area (Å²) < 4.78 is 0. The van der Waals surface area contributed by atoms with Crippen LogP contribution in [0.25, 0.3) is 0 Å². The Hall–Kier alpha value is -0.520. The first-order valence-electron chi connectivity index (χ1n) is 6.48. The van der Waals surface area contributed by atoms with E-state index in [0.29, 0.717) is 0 Å². The summed E-state index contributed by atoms with van der Waals surface area (Å²) in [4.78, 5) is 0. The van der Waals surface area contributed by atoms with E-state index in [1.165, 1.54) is 31.3 Å². The fourth-order valence-electron chi connectivity index (χ4n) is 3.28. The van der Waals surface area contributed by atoms with Crippen LogP contribution in [0.2, 0.25) is 0 Å². The molecule has 2 aliphatic carbocycles. The summed E-state index contributed by atoms with van der Waals surface area (Å²) in [5.41, 5.74) is 3.20. The lowest BCUT2D eigenvalue weighted by atomic mass is 9.85. The highest BCUT2D eigenvalue weighted by Crippen LogP contribution is 2.46. The summed E-state index contributed by atoms with van der Waals surface area (Å²) in [6.45, 7) is 11.4. The first-order chi connectivity index (χ1) is 7.09. The molecule has 0 aromatic heterocycles. The van der Waals surface area contributed by atoms with Gasteiger partial charge in [-0.2, -0.15) is 0 Å². The molecule has 0 spiro atoms. The summed E-state index contributed by atoms with van der Waals surface area (Å²) in [6.07, 6.45) is 7.88. The van der Waals surface area contributed by atoms with Crippen molar-refractivity contribution < 1.29 is 0 Å². The first-order valence-corrected chi connectivity index (χ1v) is 6.48. The third-order valence-electron chi connectivity index (χ3n) is 4.46. The lowest BCUT2D eigenvalue weighted by Crippen LogP contribution is -2.11. The third kappa shape index (κ3) is 2.04. The molecule has 0 bridgehead atoms. The average Bonchev–Trinajstić information content (AvgIpc) is 2.43. The first kappa shape index (κ1) is 11.0. The zero-order chi connectivity index (χ0) is 11.0. The molecule has 0 heteroatoms. The van der Waals surface area contributed by atoms with E-state index in [-0.39, 0.29) is 0 Å². The molecule has 0 amide bonds. The normalized spacial score (nSPS) is 36.4. The van der Waals surface area contributed by atoms with Gasteiger partial charge in [0.15, 0.2) is 0 Å². The van der Waals surface area contributed by atoms with Crippen LogP contribution in [0.15, 0.2) is 23.8 Å². The second kappa shape index (κ2) is 4.15. The van der Waals surface area contributed by atoms with Crippen molar-refractivity contribution in [2.45, 2.75) is 46.5 Å². The molecule has 0 N–H and O–H groups in total. The largest absolute Gasteiger partial charge is 0.0995 e. The minimum atomic E-state index is 0.726. The lowest BCUT2D eigenvalue weighted by molar-refractivity contribution is 0.439. The van der Waals surface area contributed by atoms with Gasteiger partial charge >= 0.3 is 0 Å². The van der Waals surface area contributed by atoms with E-state index < -0.39 is 0 Å². The van der Waals surface area contributed by atoms with Crippen LogP contribution in [0.3, 0.4) is 0 Å². The SMILES string of the molecule is C=C1CCC(C(C)C)=C[C@@H]2[C@@H]1CC[C@@H]2C. The molecule has 2 aliphatic rings. The van der Waals surface area contributed by atoms with E-state index in [4.69, 9.17) is 0 Å². The second-order valence-electron chi connectivity index (χ2n) is 5.79. The molecule has 15 heavy (non-hydrogen) atoms. The van der Waals surface area contributed by atoms with Gasteiger partial charge in [-0.1, -0.05) is 44.6 Å². The predicted octanol–water partition coefficient (Wildman–Crippen LogP) is 4.58. The Morgan fingerprint density at radius 2 is 2.00 bits per heavy atom. The summed E-state index contributed by atoms with van der Waals surface area (Å²) in [5.74, 6) is 3.21. The Morgan fingerprint density at radius 1 is 1.27 bits per heavy atom. The fourth-order valence-corrected chi connectivity index (χ4v) is 3.28. The maximum Gasteiger partial charge on any atom is -0.0139 e. The molecule has 0 saturated heterocycles. The van der Waals surface area contributed by atoms with Gasteiger partial charge in [-0.25, -0.2) is 0 Å². The standard InChI is InChI=1S/C15H24/c1-10(2)13-7-5-11(3)14-8-6-12(4)15(14)9-13/h9-10,12,14-15H,3,5-8H2,1-2,4H3/t12-,14+,15-/m0/s1. The van der Waals surface area contributed by atoms with Gasteiger partial charge in [0.05, 0.1) is 0 Å². The Morgan fingerprint density at radius 3 is 2.67 bits per heavy atom. The van der Waals surface area contributed by atoms with E-state index in [1.807, 2.05) is 0 Å². The van der Waals surface area contributed by atoms with Crippen molar-refractivity contribution >= 4 is 0 Å². The van der Waals surface area contributed by atoms with E-state index >= 15 is 0 Å². The van der Waals surface area contributed by atoms with Crippen LogP contribution in [-0.2, 0) is 0 Å². The Balaban J connectivity index is 2.26. The molecule has 3 atom stereocenters. The molecule has 2 rings (SSSR count). The Kier molecular flexibility index (Phi) is 3.04. The number of hydrogen-bond donors (Lipinski definition) is 0. The summed E-state index contributed by atoms with van der Waals surface area (Å²) in [5, 5.41) is 0. The van der Waals surface area contributed by atoms with Crippen molar-refractivity contribution in [2.75, 3.05) is 0 Å². The van der Waals surface area contributed by atoms with Crippen molar-refractivity contribution in [3.63, 3.8) is 0 Å². The van der Waals surface area contributed by atoms with Gasteiger partial charge in [-0.15, -0.1) is 0 Å². The third-order valence-corrected chi connectivity index (χ3v) is 4.46. The highest BCUT2D eigenvalue weighted by molar-refractivity contribution is 5.21. The zero-order valence-corrected chi connectivity index (χ0v) is 10.4. The van der Waals surface area contributed by atoms with Crippen molar-refractivity contribution in [1.82, 2.24) is 0 Å². The van der Waals surface area contributed by atoms with Crippen LogP contribution < -0.4 is 0 Å². The molecule has 1 saturated carbocycles. The maximum atomic E-state index is 4.31. The van der Waals surface area contributed by atoms with Crippen molar-refractivity contribution in [1.29, 1.82) is 0 Å². The smallest absolute Gasteiger partial charge is 0.0139 e. The number of hydrogen-bond acceptors (Lipinski definition) is 0. The van der Waals surface area contributed by atoms with E-state index in [0.717, 1.165) is 23.7 Å². The topological polar surface area (TPSA) is 0 Å². The number of fused-ring (bicyclic) bond motifs is 1. The van der Waals surface area contributed by atoms with Crippen molar-refractivity contribution in [2.24, 2.45) is 23.7 Å². The maximum absolute atomic E-state index is 4.31. The molecule has 0 heterocycles. The molecule has 0 aromatic carbocycles. The van der Waals surface area contributed by atoms with Crippen LogP contribution in [0.4, 0.5) is 0 Å². The van der Waals surface area contributed by atoms with Gasteiger partial charge in [0.1, 0.15) is 0 Å². The van der Waals surface area contributed by atoms with Gasteiger partial charge < -0.3 is 0 Å². The van der Waals surface area contributed by atoms with E-state index in [9.17, 15) is 0 Å². The highest BCUT2D eigenvalue weighted by Gasteiger charge is 2.35. The van der Waals surface area contributed by atoms with Gasteiger partial charge in [-0.3, -0.25) is 0 Å². The van der Waals surface area contributed by atoms with Crippen LogP contribution >= 0.6 is 0 Å². The zero-order valence-electron chi connectivity index (χ0n) is 10.4. The average molecular weight is 204 g/mol. The lowest BCUT2D eigenvalue weighted by Gasteiger charge is -2.19. The van der Waals surface area contributed by atoms with Crippen molar-refractivity contribution in [3.05, 3.63) is 23.8 Å². The molecule has 0 radical (unpaired) electrons. The Bertz CT molecular complexity index is 282. The quantitative estimate of drug-likeness (QED) is 0.548. The molecule has 1 fully saturated rings. The van der Waals surface area contributed by atoms with Crippen LogP contribution in [-0.4, -0.2) is 0 Å². The summed E-state index contributed by atoms with van der Waals surface area (Å²) in [6, 6.07) is 0. The molecule has 0 nitrogen and oxygen atoms in total. The molecule has 0 aliphatic heterocycles. The minimum Gasteiger partial charge on any atom is -0.0995 e. The number of allylic oxidation sites excluding steroid dienone is 3. The summed E-state index contributed by atoms with van der Waals surface area (Å²) >= 11 is 0. The van der Waals surface area contributed by atoms with Gasteiger partial charge in [0.25, 0.3) is 0 Å². The highest BCUT2D eigenvalue weighted by atomic mass is 14.4. The monoisotopic (exact) mass is 204 g/mol. The van der Waals surface area contributed by atoms with E-state index in [1.54, 1.807) is 5.57 Å². The minimum absolute atomic E-state index is 0.726. The van der Waals surface area contributed by atoms with E-state index in [2.05, 4.69) is 33.4 Å². The van der Waals surface area contributed by atoms with Crippen molar-refractivity contribution in [3.8, 4) is 0 Å². The van der Waals surface area contributed by atoms with Crippen LogP contribution in [0, 0.1) is 23.7 Å². The summed E-state index contributed by atoms with van der Waals surface area (Å²) in [7, 11) is 0. The van der Waals surface area contributed by atoms with Gasteiger partial charge in [0.2, 0.25) is 0 Å². The molecule has 0 aromatic rings. The number of rotatable bonds is 1. The molecular formula is C15H24. The van der Waals surface area contributed by atoms with Gasteiger partial charge in [0, 0.05) is 0 Å². The Labute approximate surface area is 94.5 Å². The van der Waals surface area contributed by atoms with Crippen LogP contribution in [0.5, 0.6) is 0 Å².